The van der Waals surface area contributed by atoms with E-state index in [1.54, 1.807) is 6.92 Å². The SMILES string of the molecule is CCS(=O)(=O)c1ccc(C#N)nc1-n1ncc(-c2ccc(OC(F)(F)F)cc2)c1C. The Morgan fingerprint density at radius 3 is 2.40 bits per heavy atom. The average molecular weight is 436 g/mol. The van der Waals surface area contributed by atoms with Gasteiger partial charge in [0.05, 0.1) is 17.6 Å². The Morgan fingerprint density at radius 2 is 1.83 bits per heavy atom. The van der Waals surface area contributed by atoms with Gasteiger partial charge in [-0.3, -0.25) is 0 Å². The zero-order valence-electron chi connectivity index (χ0n) is 15.8. The maximum Gasteiger partial charge on any atom is 0.573 e. The molecule has 11 heteroatoms. The molecule has 0 atom stereocenters. The Hall–Kier alpha value is -3.39. The van der Waals surface area contributed by atoms with Gasteiger partial charge in [0.2, 0.25) is 0 Å². The number of ether oxygens (including phenoxy) is 1. The number of hydrogen-bond donors (Lipinski definition) is 0. The standard InChI is InChI=1S/C19H15F3N4O3S/c1-3-30(27,28)17-9-6-14(10-23)25-18(17)26-12(2)16(11-24-26)13-4-7-15(8-5-13)29-19(20,21)22/h4-9,11H,3H2,1-2H3. The fourth-order valence-electron chi connectivity index (χ4n) is 2.79. The number of halogens is 3. The van der Waals surface area contributed by atoms with Crippen molar-refractivity contribution in [1.29, 1.82) is 5.26 Å². The molecule has 0 amide bonds. The maximum absolute atomic E-state index is 12.5. The minimum Gasteiger partial charge on any atom is -0.406 e. The second-order valence-electron chi connectivity index (χ2n) is 6.16. The molecule has 2 aromatic heterocycles. The summed E-state index contributed by atoms with van der Waals surface area (Å²) < 4.78 is 67.1. The number of nitriles is 1. The molecule has 30 heavy (non-hydrogen) atoms. The van der Waals surface area contributed by atoms with Crippen LogP contribution in [0.3, 0.4) is 0 Å². The molecule has 0 unspecified atom stereocenters. The molecule has 2 heterocycles. The molecule has 0 N–H and O–H groups in total. The second-order valence-corrected chi connectivity index (χ2v) is 8.41. The van der Waals surface area contributed by atoms with E-state index in [0.29, 0.717) is 16.8 Å². The van der Waals surface area contributed by atoms with Crippen LogP contribution in [0.2, 0.25) is 0 Å². The highest BCUT2D eigenvalue weighted by molar-refractivity contribution is 7.91. The zero-order valence-corrected chi connectivity index (χ0v) is 16.6. The summed E-state index contributed by atoms with van der Waals surface area (Å²) >= 11 is 0. The third-order valence-electron chi connectivity index (χ3n) is 4.28. The van der Waals surface area contributed by atoms with Crippen LogP contribution in [0.5, 0.6) is 5.75 Å². The maximum atomic E-state index is 12.5. The van der Waals surface area contributed by atoms with Crippen molar-refractivity contribution in [1.82, 2.24) is 14.8 Å². The van der Waals surface area contributed by atoms with E-state index in [0.717, 1.165) is 0 Å². The number of nitrogens with zero attached hydrogens (tertiary/aromatic N) is 4. The van der Waals surface area contributed by atoms with Crippen molar-refractivity contribution in [2.45, 2.75) is 25.1 Å². The molecule has 3 aromatic rings. The summed E-state index contributed by atoms with van der Waals surface area (Å²) in [6, 6.07) is 9.68. The van der Waals surface area contributed by atoms with Gasteiger partial charge in [-0.05, 0) is 36.8 Å². The molecule has 3 rings (SSSR count). The van der Waals surface area contributed by atoms with Crippen LogP contribution < -0.4 is 4.74 Å². The Morgan fingerprint density at radius 1 is 1.17 bits per heavy atom. The van der Waals surface area contributed by atoms with Crippen LogP contribution >= 0.6 is 0 Å². The van der Waals surface area contributed by atoms with Gasteiger partial charge in [-0.2, -0.15) is 10.4 Å². The van der Waals surface area contributed by atoms with E-state index in [1.165, 1.54) is 54.2 Å². The topological polar surface area (TPSA) is 97.9 Å². The molecule has 0 fully saturated rings. The lowest BCUT2D eigenvalue weighted by atomic mass is 10.1. The van der Waals surface area contributed by atoms with Crippen molar-refractivity contribution in [2.75, 3.05) is 5.75 Å². The van der Waals surface area contributed by atoms with Gasteiger partial charge >= 0.3 is 6.36 Å². The summed E-state index contributed by atoms with van der Waals surface area (Å²) in [6.45, 7) is 3.15. The molecule has 0 saturated carbocycles. The Balaban J connectivity index is 2.07. The first-order chi connectivity index (χ1) is 14.1. The molecule has 1 aromatic carbocycles. The molecule has 0 aliphatic rings. The number of benzene rings is 1. The second kappa shape index (κ2) is 7.79. The molecule has 0 bridgehead atoms. The zero-order chi connectivity index (χ0) is 22.1. The normalized spacial score (nSPS) is 11.9. The smallest absolute Gasteiger partial charge is 0.406 e. The highest BCUT2D eigenvalue weighted by Crippen LogP contribution is 2.30. The fourth-order valence-corrected chi connectivity index (χ4v) is 3.79. The first-order valence-corrected chi connectivity index (χ1v) is 10.3. The van der Waals surface area contributed by atoms with Crippen molar-refractivity contribution >= 4 is 9.84 Å². The number of sulfone groups is 1. The van der Waals surface area contributed by atoms with Gasteiger partial charge in [-0.15, -0.1) is 13.2 Å². The molecule has 7 nitrogen and oxygen atoms in total. The number of hydrogen-bond acceptors (Lipinski definition) is 6. The molecule has 0 spiro atoms. The molecular weight excluding hydrogens is 421 g/mol. The predicted molar refractivity (Wildman–Crippen MR) is 101 cm³/mol. The molecule has 0 aliphatic carbocycles. The quantitative estimate of drug-likeness (QED) is 0.603. The van der Waals surface area contributed by atoms with E-state index in [9.17, 15) is 21.6 Å². The van der Waals surface area contributed by atoms with Gasteiger partial charge in [0, 0.05) is 5.56 Å². The summed E-state index contributed by atoms with van der Waals surface area (Å²) in [7, 11) is -3.65. The summed E-state index contributed by atoms with van der Waals surface area (Å²) in [5.74, 6) is -0.547. The number of alkyl halides is 3. The lowest BCUT2D eigenvalue weighted by Crippen LogP contribution is -2.16. The minimum atomic E-state index is -4.79. The monoisotopic (exact) mass is 436 g/mol. The Labute approximate surface area is 170 Å². The number of aromatic nitrogens is 3. The van der Waals surface area contributed by atoms with Gasteiger partial charge in [0.15, 0.2) is 15.7 Å². The molecular formula is C19H15F3N4O3S. The van der Waals surface area contributed by atoms with Gasteiger partial charge in [-0.25, -0.2) is 18.1 Å². The van der Waals surface area contributed by atoms with E-state index in [1.807, 2.05) is 6.07 Å². The van der Waals surface area contributed by atoms with Gasteiger partial charge in [-0.1, -0.05) is 19.1 Å². The van der Waals surface area contributed by atoms with E-state index in [4.69, 9.17) is 5.26 Å². The summed E-state index contributed by atoms with van der Waals surface area (Å²) in [5, 5.41) is 13.3. The van der Waals surface area contributed by atoms with Gasteiger partial charge < -0.3 is 4.74 Å². The summed E-state index contributed by atoms with van der Waals surface area (Å²) in [6.07, 6.45) is -3.35. The van der Waals surface area contributed by atoms with Crippen LogP contribution in [0.25, 0.3) is 16.9 Å². The minimum absolute atomic E-state index is 0.0170. The molecule has 0 saturated heterocycles. The van der Waals surface area contributed by atoms with Crippen molar-refractivity contribution in [3.63, 3.8) is 0 Å². The van der Waals surface area contributed by atoms with Gasteiger partial charge in [0.1, 0.15) is 22.4 Å². The van der Waals surface area contributed by atoms with Gasteiger partial charge in [0.25, 0.3) is 0 Å². The Bertz CT molecular complexity index is 1230. The lowest BCUT2D eigenvalue weighted by molar-refractivity contribution is -0.274. The first kappa shape index (κ1) is 21.3. The largest absolute Gasteiger partial charge is 0.573 e. The average Bonchev–Trinajstić information content (AvgIpc) is 3.08. The van der Waals surface area contributed by atoms with E-state index in [2.05, 4.69) is 14.8 Å². The lowest BCUT2D eigenvalue weighted by Gasteiger charge is -2.11. The van der Waals surface area contributed by atoms with Crippen molar-refractivity contribution in [2.24, 2.45) is 0 Å². The predicted octanol–water partition coefficient (Wildman–Crippen LogP) is 3.81. The third kappa shape index (κ3) is 4.28. The van der Waals surface area contributed by atoms with E-state index in [-0.39, 0.29) is 27.9 Å². The van der Waals surface area contributed by atoms with Crippen molar-refractivity contribution < 1.29 is 26.3 Å². The fraction of sp³-hybridized carbons (Fsp3) is 0.211. The molecule has 0 aliphatic heterocycles. The van der Waals surface area contributed by atoms with Crippen LogP contribution in [0.1, 0.15) is 18.3 Å². The van der Waals surface area contributed by atoms with Crippen LogP contribution in [0.15, 0.2) is 47.5 Å². The number of rotatable bonds is 5. The molecule has 156 valence electrons. The van der Waals surface area contributed by atoms with E-state index >= 15 is 0 Å². The summed E-state index contributed by atoms with van der Waals surface area (Å²) in [4.78, 5) is 4.04. The third-order valence-corrected chi connectivity index (χ3v) is 6.03. The number of pyridine rings is 1. The summed E-state index contributed by atoms with van der Waals surface area (Å²) in [5.41, 5.74) is 1.61. The molecule has 0 radical (unpaired) electrons. The van der Waals surface area contributed by atoms with E-state index < -0.39 is 16.2 Å². The Kier molecular flexibility index (Phi) is 5.54. The highest BCUT2D eigenvalue weighted by Gasteiger charge is 2.31. The van der Waals surface area contributed by atoms with Crippen LogP contribution in [0.4, 0.5) is 13.2 Å². The van der Waals surface area contributed by atoms with Crippen molar-refractivity contribution in [3.05, 3.63) is 54.0 Å². The van der Waals surface area contributed by atoms with Crippen LogP contribution in [0, 0.1) is 18.3 Å². The van der Waals surface area contributed by atoms with Crippen LogP contribution in [-0.2, 0) is 9.84 Å². The highest BCUT2D eigenvalue weighted by atomic mass is 32.2. The first-order valence-electron chi connectivity index (χ1n) is 8.61. The van der Waals surface area contributed by atoms with Crippen LogP contribution in [-0.4, -0.2) is 35.3 Å². The van der Waals surface area contributed by atoms with Crippen molar-refractivity contribution in [3.8, 4) is 28.8 Å².